The van der Waals surface area contributed by atoms with E-state index in [1.165, 1.54) is 0 Å². The van der Waals surface area contributed by atoms with Gasteiger partial charge < -0.3 is 30.0 Å². The molecule has 0 saturated heterocycles. The van der Waals surface area contributed by atoms with Crippen molar-refractivity contribution in [3.8, 4) is 0 Å². The summed E-state index contributed by atoms with van der Waals surface area (Å²) in [5.41, 5.74) is 0. The van der Waals surface area contributed by atoms with Crippen LogP contribution in [-0.4, -0.2) is 88.7 Å². The summed E-state index contributed by atoms with van der Waals surface area (Å²) in [6.07, 6.45) is -5.61. The Bertz CT molecular complexity index is 182. The Hall–Kier alpha value is -0.240. The van der Waals surface area contributed by atoms with Gasteiger partial charge in [0.1, 0.15) is 31.0 Å². The maximum absolute atomic E-state index is 9.55. The number of hydrogen-bond donors (Lipinski definition) is 5. The Kier molecular flexibility index (Phi) is 5.65. The Morgan fingerprint density at radius 2 is 1.27 bits per heavy atom. The van der Waals surface area contributed by atoms with Crippen LogP contribution < -0.4 is 0 Å². The van der Waals surface area contributed by atoms with E-state index in [1.807, 2.05) is 21.1 Å². The van der Waals surface area contributed by atoms with Crippen molar-refractivity contribution in [1.29, 1.82) is 0 Å². The van der Waals surface area contributed by atoms with Crippen molar-refractivity contribution in [2.45, 2.75) is 24.4 Å². The van der Waals surface area contributed by atoms with Gasteiger partial charge in [0.05, 0.1) is 27.7 Å². The lowest BCUT2D eigenvalue weighted by molar-refractivity contribution is -0.874. The number of aliphatic hydroxyl groups is 5. The van der Waals surface area contributed by atoms with Crippen LogP contribution in [0.3, 0.4) is 0 Å². The van der Waals surface area contributed by atoms with Crippen LogP contribution in [0, 0.1) is 0 Å². The molecule has 0 spiro atoms. The molecule has 0 fully saturated rings. The smallest absolute Gasteiger partial charge is 0.131 e. The number of quaternary nitrogens is 1. The summed E-state index contributed by atoms with van der Waals surface area (Å²) in [5, 5.41) is 46.0. The number of likely N-dealkylation sites (N-methyl/N-ethyl adjacent to an activating group) is 1. The van der Waals surface area contributed by atoms with Crippen LogP contribution in [0.2, 0.25) is 0 Å². The minimum atomic E-state index is -1.54. The molecule has 0 amide bonds. The molecule has 0 aromatic carbocycles. The molecule has 0 radical (unpaired) electrons. The molecule has 0 aliphatic rings. The third-order valence-corrected chi connectivity index (χ3v) is 2.06. The topological polar surface area (TPSA) is 101 Å². The van der Waals surface area contributed by atoms with Crippen LogP contribution in [0.5, 0.6) is 0 Å². The number of nitrogens with zero attached hydrogens (tertiary/aromatic N) is 1. The lowest BCUT2D eigenvalue weighted by Crippen LogP contribution is -2.52. The van der Waals surface area contributed by atoms with Crippen LogP contribution in [0.4, 0.5) is 0 Å². The van der Waals surface area contributed by atoms with Gasteiger partial charge in [-0.05, 0) is 0 Å². The minimum Gasteiger partial charge on any atom is -0.394 e. The summed E-state index contributed by atoms with van der Waals surface area (Å²) in [7, 11) is 5.47. The van der Waals surface area contributed by atoms with Crippen LogP contribution >= 0.6 is 0 Å². The molecule has 4 atom stereocenters. The van der Waals surface area contributed by atoms with Crippen molar-refractivity contribution in [3.63, 3.8) is 0 Å². The first-order chi connectivity index (χ1) is 6.69. The predicted octanol–water partition coefficient (Wildman–Crippen LogP) is -2.87. The van der Waals surface area contributed by atoms with E-state index in [2.05, 4.69) is 0 Å². The molecule has 5 N–H and O–H groups in total. The van der Waals surface area contributed by atoms with E-state index in [-0.39, 0.29) is 6.54 Å². The van der Waals surface area contributed by atoms with Gasteiger partial charge in [-0.2, -0.15) is 0 Å². The molecule has 0 aromatic heterocycles. The van der Waals surface area contributed by atoms with Gasteiger partial charge in [-0.15, -0.1) is 0 Å². The quantitative estimate of drug-likeness (QED) is 0.312. The monoisotopic (exact) mass is 224 g/mol. The van der Waals surface area contributed by atoms with Gasteiger partial charge >= 0.3 is 0 Å². The number of rotatable bonds is 6. The Morgan fingerprint density at radius 1 is 0.867 bits per heavy atom. The SMILES string of the molecule is C[N+](C)(C)C[C@H](O)[C@H](O)[C@@H](O)[C@@H](O)CO. The second-order valence-electron chi connectivity index (χ2n) is 4.77. The van der Waals surface area contributed by atoms with E-state index in [0.717, 1.165) is 0 Å². The van der Waals surface area contributed by atoms with Gasteiger partial charge in [0.25, 0.3) is 0 Å². The van der Waals surface area contributed by atoms with E-state index in [0.29, 0.717) is 4.48 Å². The van der Waals surface area contributed by atoms with Crippen LogP contribution in [0.25, 0.3) is 0 Å². The van der Waals surface area contributed by atoms with Gasteiger partial charge in [0.15, 0.2) is 0 Å². The van der Waals surface area contributed by atoms with E-state index < -0.39 is 31.0 Å². The number of aliphatic hydroxyl groups excluding tert-OH is 5. The fourth-order valence-corrected chi connectivity index (χ4v) is 1.23. The number of hydrogen-bond acceptors (Lipinski definition) is 5. The third-order valence-electron chi connectivity index (χ3n) is 2.06. The Morgan fingerprint density at radius 3 is 1.60 bits per heavy atom. The molecule has 0 saturated carbocycles. The maximum Gasteiger partial charge on any atom is 0.131 e. The summed E-state index contributed by atoms with van der Waals surface area (Å²) in [4.78, 5) is 0. The van der Waals surface area contributed by atoms with Gasteiger partial charge in [-0.25, -0.2) is 0 Å². The Labute approximate surface area is 89.6 Å². The fourth-order valence-electron chi connectivity index (χ4n) is 1.23. The van der Waals surface area contributed by atoms with Gasteiger partial charge in [-0.3, -0.25) is 0 Å². The van der Waals surface area contributed by atoms with E-state index in [9.17, 15) is 15.3 Å². The summed E-state index contributed by atoms with van der Waals surface area (Å²) in [5.74, 6) is 0. The first kappa shape index (κ1) is 14.8. The molecule has 6 nitrogen and oxygen atoms in total. The molecule has 92 valence electrons. The summed E-state index contributed by atoms with van der Waals surface area (Å²) in [6, 6.07) is 0. The second-order valence-corrected chi connectivity index (χ2v) is 4.77. The minimum absolute atomic E-state index is 0.233. The Balaban J connectivity index is 4.25. The molecule has 0 unspecified atom stereocenters. The lowest BCUT2D eigenvalue weighted by atomic mass is 10.0. The molecular formula is C9H22NO5+. The standard InChI is InChI=1S/C9H22NO5/c1-10(2,3)4-6(12)8(14)9(15)7(13)5-11/h6-9,11-15H,4-5H2,1-3H3/q+1/t6-,7-,8-,9-/m0/s1. The average Bonchev–Trinajstić information content (AvgIpc) is 2.11. The van der Waals surface area contributed by atoms with Crippen molar-refractivity contribution in [1.82, 2.24) is 0 Å². The van der Waals surface area contributed by atoms with Crippen molar-refractivity contribution in [2.75, 3.05) is 34.3 Å². The van der Waals surface area contributed by atoms with Crippen LogP contribution in [0.15, 0.2) is 0 Å². The van der Waals surface area contributed by atoms with Crippen LogP contribution in [0.1, 0.15) is 0 Å². The van der Waals surface area contributed by atoms with Crippen molar-refractivity contribution < 1.29 is 30.0 Å². The molecule has 0 aliphatic heterocycles. The summed E-state index contributed by atoms with van der Waals surface area (Å²) in [6.45, 7) is -0.425. The molecule has 15 heavy (non-hydrogen) atoms. The van der Waals surface area contributed by atoms with Gasteiger partial charge in [0.2, 0.25) is 0 Å². The first-order valence-electron chi connectivity index (χ1n) is 4.82. The fraction of sp³-hybridized carbons (Fsp3) is 1.00. The predicted molar refractivity (Wildman–Crippen MR) is 54.0 cm³/mol. The highest BCUT2D eigenvalue weighted by molar-refractivity contribution is 4.80. The first-order valence-corrected chi connectivity index (χ1v) is 4.82. The lowest BCUT2D eigenvalue weighted by Gasteiger charge is -2.31. The molecule has 0 aliphatic carbocycles. The van der Waals surface area contributed by atoms with Crippen molar-refractivity contribution >= 4 is 0 Å². The third kappa shape index (κ3) is 5.41. The zero-order valence-electron chi connectivity index (χ0n) is 9.41. The molecular weight excluding hydrogens is 202 g/mol. The summed E-state index contributed by atoms with van der Waals surface area (Å²) < 4.78 is 0.417. The highest BCUT2D eigenvalue weighted by Crippen LogP contribution is 2.07. The normalized spacial score (nSPS) is 20.8. The van der Waals surface area contributed by atoms with Gasteiger partial charge in [-0.1, -0.05) is 0 Å². The highest BCUT2D eigenvalue weighted by atomic mass is 16.4. The van der Waals surface area contributed by atoms with Crippen molar-refractivity contribution in [3.05, 3.63) is 0 Å². The van der Waals surface area contributed by atoms with Gasteiger partial charge in [0, 0.05) is 0 Å². The molecule has 0 rings (SSSR count). The van der Waals surface area contributed by atoms with E-state index in [1.54, 1.807) is 0 Å². The molecule has 6 heteroatoms. The zero-order valence-corrected chi connectivity index (χ0v) is 9.41. The van der Waals surface area contributed by atoms with Crippen molar-refractivity contribution in [2.24, 2.45) is 0 Å². The second kappa shape index (κ2) is 5.74. The van der Waals surface area contributed by atoms with E-state index in [4.69, 9.17) is 10.2 Å². The maximum atomic E-state index is 9.55. The van der Waals surface area contributed by atoms with Crippen LogP contribution in [-0.2, 0) is 0 Å². The molecule has 0 heterocycles. The zero-order chi connectivity index (χ0) is 12.2. The van der Waals surface area contributed by atoms with E-state index >= 15 is 0 Å². The molecule has 0 bridgehead atoms. The highest BCUT2D eigenvalue weighted by Gasteiger charge is 2.32. The summed E-state index contributed by atoms with van der Waals surface area (Å²) >= 11 is 0. The largest absolute Gasteiger partial charge is 0.394 e. The molecule has 0 aromatic rings. The average molecular weight is 224 g/mol.